The molecule has 0 spiro atoms. The second kappa shape index (κ2) is 5.06. The molecule has 1 aromatic rings. The van der Waals surface area contributed by atoms with E-state index in [2.05, 4.69) is 4.74 Å². The minimum Gasteiger partial charge on any atom is -0.465 e. The number of halogens is 1. The number of hydrogen-bond acceptors (Lipinski definition) is 4. The van der Waals surface area contributed by atoms with Crippen LogP contribution in [0.3, 0.4) is 0 Å². The zero-order valence-electron chi connectivity index (χ0n) is 9.77. The Labute approximate surface area is 104 Å². The van der Waals surface area contributed by atoms with Crippen LogP contribution in [0.1, 0.15) is 15.9 Å². The number of thioether (sulfide) groups is 1. The molecule has 1 atom stereocenters. The Hall–Kier alpha value is -1.07. The zero-order valence-corrected chi connectivity index (χ0v) is 10.6. The number of alkyl halides is 1. The summed E-state index contributed by atoms with van der Waals surface area (Å²) in [4.78, 5) is 14.2. The molecule has 0 fully saturated rings. The van der Waals surface area contributed by atoms with Gasteiger partial charge in [-0.15, -0.1) is 0 Å². The van der Waals surface area contributed by atoms with Crippen LogP contribution >= 0.6 is 11.8 Å². The largest absolute Gasteiger partial charge is 0.465 e. The van der Waals surface area contributed by atoms with E-state index in [0.29, 0.717) is 18.7 Å². The molecule has 92 valence electrons. The molecule has 2 rings (SSSR count). The van der Waals surface area contributed by atoms with Gasteiger partial charge in [0.2, 0.25) is 0 Å². The van der Waals surface area contributed by atoms with E-state index in [-0.39, 0.29) is 5.97 Å². The highest BCUT2D eigenvalue weighted by Crippen LogP contribution is 2.32. The fraction of sp³-hybridized carbons (Fsp3) is 0.417. The number of methoxy groups -OCH3 is 1. The molecule has 1 unspecified atom stereocenters. The van der Waals surface area contributed by atoms with Crippen LogP contribution in [0.4, 0.5) is 4.39 Å². The predicted molar refractivity (Wildman–Crippen MR) is 64.9 cm³/mol. The number of carbonyl (C=O) groups excluding carboxylic acids is 1. The van der Waals surface area contributed by atoms with Crippen LogP contribution in [-0.2, 0) is 11.3 Å². The summed E-state index contributed by atoms with van der Waals surface area (Å²) in [5.41, 5.74) is 0.551. The number of rotatable bonds is 1. The molecule has 1 aliphatic heterocycles. The highest BCUT2D eigenvalue weighted by atomic mass is 32.2. The maximum atomic E-state index is 13.6. The number of fused-ring (bicyclic) bond motifs is 1. The molecule has 1 aliphatic rings. The van der Waals surface area contributed by atoms with Crippen molar-refractivity contribution in [1.82, 2.24) is 4.90 Å². The first-order chi connectivity index (χ1) is 8.10. The first kappa shape index (κ1) is 12.4. The Morgan fingerprint density at radius 3 is 3.06 bits per heavy atom. The van der Waals surface area contributed by atoms with E-state index in [0.717, 1.165) is 22.2 Å². The molecule has 0 N–H and O–H groups in total. The second-order valence-corrected chi connectivity index (χ2v) is 5.23. The van der Waals surface area contributed by atoms with Gasteiger partial charge in [0.25, 0.3) is 0 Å². The van der Waals surface area contributed by atoms with Crippen molar-refractivity contribution in [2.24, 2.45) is 0 Å². The van der Waals surface area contributed by atoms with Gasteiger partial charge in [0.1, 0.15) is 0 Å². The minimum absolute atomic E-state index is 0.388. The van der Waals surface area contributed by atoms with Gasteiger partial charge >= 0.3 is 5.97 Å². The number of benzene rings is 1. The predicted octanol–water partition coefficient (Wildman–Crippen LogP) is 2.31. The summed E-state index contributed by atoms with van der Waals surface area (Å²) in [7, 11) is 3.23. The SMILES string of the molecule is COC(=O)c1ccc2c(c1)SC(F)CN(C)C2. The lowest BCUT2D eigenvalue weighted by molar-refractivity contribution is 0.0600. The van der Waals surface area contributed by atoms with E-state index < -0.39 is 5.50 Å². The van der Waals surface area contributed by atoms with Crippen LogP contribution < -0.4 is 0 Å². The first-order valence-corrected chi connectivity index (χ1v) is 6.18. The molecule has 0 bridgehead atoms. The molecule has 3 nitrogen and oxygen atoms in total. The van der Waals surface area contributed by atoms with Crippen molar-refractivity contribution in [2.45, 2.75) is 16.9 Å². The van der Waals surface area contributed by atoms with Crippen molar-refractivity contribution in [1.29, 1.82) is 0 Å². The van der Waals surface area contributed by atoms with Gasteiger partial charge in [0.15, 0.2) is 5.50 Å². The van der Waals surface area contributed by atoms with Crippen molar-refractivity contribution in [3.05, 3.63) is 29.3 Å². The van der Waals surface area contributed by atoms with E-state index in [1.54, 1.807) is 12.1 Å². The van der Waals surface area contributed by atoms with E-state index >= 15 is 0 Å². The Balaban J connectivity index is 2.34. The van der Waals surface area contributed by atoms with Crippen molar-refractivity contribution in [2.75, 3.05) is 20.7 Å². The molecule has 0 saturated heterocycles. The van der Waals surface area contributed by atoms with E-state index in [9.17, 15) is 9.18 Å². The third kappa shape index (κ3) is 2.79. The van der Waals surface area contributed by atoms with E-state index in [1.165, 1.54) is 7.11 Å². The molecule has 0 aliphatic carbocycles. The second-order valence-electron chi connectivity index (χ2n) is 4.04. The smallest absolute Gasteiger partial charge is 0.337 e. The summed E-state index contributed by atoms with van der Waals surface area (Å²) in [5.74, 6) is -0.388. The van der Waals surface area contributed by atoms with Gasteiger partial charge < -0.3 is 4.74 Å². The van der Waals surface area contributed by atoms with Crippen LogP contribution in [0.25, 0.3) is 0 Å². The van der Waals surface area contributed by atoms with Crippen LogP contribution in [0, 0.1) is 0 Å². The molecule has 1 aromatic carbocycles. The number of nitrogens with zero attached hydrogens (tertiary/aromatic N) is 1. The highest BCUT2D eigenvalue weighted by molar-refractivity contribution is 7.99. The van der Waals surface area contributed by atoms with Crippen molar-refractivity contribution >= 4 is 17.7 Å². The minimum atomic E-state index is -0.964. The maximum absolute atomic E-state index is 13.6. The number of carbonyl (C=O) groups is 1. The molecule has 0 radical (unpaired) electrons. The third-order valence-corrected chi connectivity index (χ3v) is 3.68. The molecular weight excluding hydrogens is 241 g/mol. The lowest BCUT2D eigenvalue weighted by atomic mass is 10.1. The summed E-state index contributed by atoms with van der Waals surface area (Å²) in [6.45, 7) is 1.09. The Morgan fingerprint density at radius 1 is 1.59 bits per heavy atom. The molecule has 17 heavy (non-hydrogen) atoms. The average molecular weight is 255 g/mol. The monoisotopic (exact) mass is 255 g/mol. The highest BCUT2D eigenvalue weighted by Gasteiger charge is 2.21. The van der Waals surface area contributed by atoms with Gasteiger partial charge in [0, 0.05) is 18.0 Å². The lowest BCUT2D eigenvalue weighted by Gasteiger charge is -2.13. The topological polar surface area (TPSA) is 29.5 Å². The van der Waals surface area contributed by atoms with E-state index in [1.807, 2.05) is 18.0 Å². The van der Waals surface area contributed by atoms with Gasteiger partial charge in [-0.2, -0.15) is 0 Å². The summed E-state index contributed by atoms with van der Waals surface area (Å²) in [6.07, 6.45) is 0. The Kier molecular flexibility index (Phi) is 3.69. The molecule has 0 amide bonds. The van der Waals surface area contributed by atoms with Gasteiger partial charge in [-0.1, -0.05) is 17.8 Å². The standard InChI is InChI=1S/C12H14FNO2S/c1-14-6-9-4-3-8(12(15)16-2)5-10(9)17-11(13)7-14/h3-5,11H,6-7H2,1-2H3. The summed E-state index contributed by atoms with van der Waals surface area (Å²) in [6, 6.07) is 5.29. The number of esters is 1. The Morgan fingerprint density at radius 2 is 2.35 bits per heavy atom. The normalized spacial score (nSPS) is 20.5. The maximum Gasteiger partial charge on any atom is 0.337 e. The van der Waals surface area contributed by atoms with Crippen LogP contribution in [0.5, 0.6) is 0 Å². The Bertz CT molecular complexity index is 439. The first-order valence-electron chi connectivity index (χ1n) is 5.30. The zero-order chi connectivity index (χ0) is 12.4. The van der Waals surface area contributed by atoms with Gasteiger partial charge in [-0.05, 0) is 24.7 Å². The molecule has 0 saturated carbocycles. The molecular formula is C12H14FNO2S. The van der Waals surface area contributed by atoms with Crippen molar-refractivity contribution in [3.63, 3.8) is 0 Å². The van der Waals surface area contributed by atoms with Gasteiger partial charge in [-0.25, -0.2) is 9.18 Å². The van der Waals surface area contributed by atoms with Crippen LogP contribution in [0.2, 0.25) is 0 Å². The average Bonchev–Trinajstić information content (AvgIpc) is 2.43. The van der Waals surface area contributed by atoms with Crippen LogP contribution in [-0.4, -0.2) is 37.1 Å². The summed E-state index contributed by atoms with van der Waals surface area (Å²) >= 11 is 1.16. The van der Waals surface area contributed by atoms with Crippen molar-refractivity contribution < 1.29 is 13.9 Å². The van der Waals surface area contributed by atoms with Gasteiger partial charge in [-0.3, -0.25) is 4.90 Å². The van der Waals surface area contributed by atoms with E-state index in [4.69, 9.17) is 0 Å². The summed E-state index contributed by atoms with van der Waals surface area (Å²) < 4.78 is 18.2. The lowest BCUT2D eigenvalue weighted by Crippen LogP contribution is -2.22. The molecule has 5 heteroatoms. The number of hydrogen-bond donors (Lipinski definition) is 0. The fourth-order valence-electron chi connectivity index (χ4n) is 1.82. The van der Waals surface area contributed by atoms with Crippen LogP contribution in [0.15, 0.2) is 23.1 Å². The fourth-order valence-corrected chi connectivity index (χ4v) is 2.90. The van der Waals surface area contributed by atoms with Crippen molar-refractivity contribution in [3.8, 4) is 0 Å². The summed E-state index contributed by atoms with van der Waals surface area (Å²) in [5, 5.41) is 0. The van der Waals surface area contributed by atoms with Gasteiger partial charge in [0.05, 0.1) is 12.7 Å². The molecule has 0 aromatic heterocycles. The molecule has 1 heterocycles. The third-order valence-electron chi connectivity index (χ3n) is 2.64. The number of ether oxygens (including phenoxy) is 1. The quantitative estimate of drug-likeness (QED) is 0.720.